The van der Waals surface area contributed by atoms with Crippen LogP contribution in [-0.4, -0.2) is 44.2 Å². The van der Waals surface area contributed by atoms with Gasteiger partial charge in [0.2, 0.25) is 10.0 Å². The van der Waals surface area contributed by atoms with E-state index >= 15 is 0 Å². The second-order valence-electron chi connectivity index (χ2n) is 3.75. The van der Waals surface area contributed by atoms with Gasteiger partial charge in [0, 0.05) is 10.5 Å². The van der Waals surface area contributed by atoms with Crippen LogP contribution in [0.25, 0.3) is 0 Å². The first-order valence-corrected chi connectivity index (χ1v) is 7.65. The Morgan fingerprint density at radius 3 is 2.67 bits per heavy atom. The molecular weight excluding hydrogens is 372 g/mol. The molecule has 1 rings (SSSR count). The van der Waals surface area contributed by atoms with Crippen molar-refractivity contribution >= 4 is 37.6 Å². The lowest BCUT2D eigenvalue weighted by molar-refractivity contribution is -0.387. The zero-order valence-electron chi connectivity index (χ0n) is 10.6. The standard InChI is InChI=1S/C10H11BrN2O7S/c1-20-10(15)7(5-14)12-21(18,19)9-4-6(11)2-3-8(9)13(16)17/h2-4,7,12,14H,5H2,1H3. The normalized spacial score (nSPS) is 12.7. The van der Waals surface area contributed by atoms with Crippen LogP contribution in [0.2, 0.25) is 0 Å². The molecule has 0 amide bonds. The van der Waals surface area contributed by atoms with Gasteiger partial charge in [-0.15, -0.1) is 0 Å². The predicted octanol–water partition coefficient (Wildman–Crippen LogP) is 0.169. The minimum absolute atomic E-state index is 0.298. The predicted molar refractivity (Wildman–Crippen MR) is 74.0 cm³/mol. The van der Waals surface area contributed by atoms with Crippen molar-refractivity contribution < 1.29 is 28.0 Å². The van der Waals surface area contributed by atoms with Crippen molar-refractivity contribution in [2.75, 3.05) is 13.7 Å². The molecular formula is C10H11BrN2O7S. The Bertz CT molecular complexity index is 661. The molecule has 0 fully saturated rings. The molecule has 0 aromatic heterocycles. The largest absolute Gasteiger partial charge is 0.468 e. The Morgan fingerprint density at radius 1 is 1.57 bits per heavy atom. The smallest absolute Gasteiger partial charge is 0.326 e. The number of aliphatic hydroxyl groups excluding tert-OH is 1. The monoisotopic (exact) mass is 382 g/mol. The zero-order chi connectivity index (χ0) is 16.2. The van der Waals surface area contributed by atoms with E-state index in [1.807, 2.05) is 4.72 Å². The topological polar surface area (TPSA) is 136 Å². The highest BCUT2D eigenvalue weighted by Crippen LogP contribution is 2.27. The third-order valence-corrected chi connectivity index (χ3v) is 4.37. The van der Waals surface area contributed by atoms with E-state index in [1.54, 1.807) is 0 Å². The summed E-state index contributed by atoms with van der Waals surface area (Å²) in [6, 6.07) is 1.77. The van der Waals surface area contributed by atoms with Gasteiger partial charge in [-0.05, 0) is 12.1 Å². The summed E-state index contributed by atoms with van der Waals surface area (Å²) in [4.78, 5) is 20.7. The van der Waals surface area contributed by atoms with Crippen molar-refractivity contribution in [3.05, 3.63) is 32.8 Å². The van der Waals surface area contributed by atoms with Crippen LogP contribution >= 0.6 is 15.9 Å². The van der Waals surface area contributed by atoms with E-state index in [1.165, 1.54) is 6.07 Å². The Labute approximate surface area is 128 Å². The van der Waals surface area contributed by atoms with Crippen LogP contribution in [0, 0.1) is 10.1 Å². The van der Waals surface area contributed by atoms with E-state index < -0.39 is 44.1 Å². The maximum Gasteiger partial charge on any atom is 0.326 e. The fraction of sp³-hybridized carbons (Fsp3) is 0.300. The van der Waals surface area contributed by atoms with Crippen LogP contribution < -0.4 is 4.72 Å². The van der Waals surface area contributed by atoms with Gasteiger partial charge in [-0.1, -0.05) is 15.9 Å². The minimum Gasteiger partial charge on any atom is -0.468 e. The summed E-state index contributed by atoms with van der Waals surface area (Å²) < 4.78 is 30.8. The fourth-order valence-corrected chi connectivity index (χ4v) is 3.29. The molecule has 1 atom stereocenters. The summed E-state index contributed by atoms with van der Waals surface area (Å²) in [5, 5.41) is 19.9. The van der Waals surface area contributed by atoms with Gasteiger partial charge in [0.25, 0.3) is 5.69 Å². The molecule has 0 aliphatic carbocycles. The first-order valence-electron chi connectivity index (χ1n) is 5.38. The van der Waals surface area contributed by atoms with Crippen LogP contribution in [-0.2, 0) is 19.6 Å². The zero-order valence-corrected chi connectivity index (χ0v) is 13.0. The highest BCUT2D eigenvalue weighted by molar-refractivity contribution is 9.10. The Morgan fingerprint density at radius 2 is 2.19 bits per heavy atom. The van der Waals surface area contributed by atoms with Crippen LogP contribution in [0.15, 0.2) is 27.6 Å². The number of nitro groups is 1. The van der Waals surface area contributed by atoms with Gasteiger partial charge < -0.3 is 9.84 Å². The lowest BCUT2D eigenvalue weighted by Gasteiger charge is -2.14. The molecule has 2 N–H and O–H groups in total. The van der Waals surface area contributed by atoms with E-state index in [0.717, 1.165) is 19.2 Å². The number of sulfonamides is 1. The van der Waals surface area contributed by atoms with Gasteiger partial charge in [0.05, 0.1) is 18.6 Å². The van der Waals surface area contributed by atoms with Gasteiger partial charge in [-0.2, -0.15) is 4.72 Å². The molecule has 0 heterocycles. The van der Waals surface area contributed by atoms with E-state index in [-0.39, 0.29) is 0 Å². The molecule has 0 saturated carbocycles. The number of carbonyl (C=O) groups is 1. The summed E-state index contributed by atoms with van der Waals surface area (Å²) in [6.07, 6.45) is 0. The third kappa shape index (κ3) is 4.20. The number of esters is 1. The highest BCUT2D eigenvalue weighted by atomic mass is 79.9. The highest BCUT2D eigenvalue weighted by Gasteiger charge is 2.31. The Kier molecular flexibility index (Phi) is 5.78. The molecule has 21 heavy (non-hydrogen) atoms. The van der Waals surface area contributed by atoms with Gasteiger partial charge >= 0.3 is 5.97 Å². The van der Waals surface area contributed by atoms with E-state index in [9.17, 15) is 23.3 Å². The average Bonchev–Trinajstić information content (AvgIpc) is 2.43. The number of nitro benzene ring substituents is 1. The van der Waals surface area contributed by atoms with Crippen LogP contribution in [0.4, 0.5) is 5.69 Å². The van der Waals surface area contributed by atoms with Crippen molar-refractivity contribution in [2.24, 2.45) is 0 Å². The molecule has 1 aromatic rings. The van der Waals surface area contributed by atoms with Crippen molar-refractivity contribution in [1.82, 2.24) is 4.72 Å². The van der Waals surface area contributed by atoms with Gasteiger partial charge in [-0.25, -0.2) is 8.42 Å². The van der Waals surface area contributed by atoms with Crippen molar-refractivity contribution in [3.8, 4) is 0 Å². The second-order valence-corrected chi connectivity index (χ2v) is 6.35. The maximum absolute atomic E-state index is 12.1. The number of rotatable bonds is 6. The number of hydrogen-bond acceptors (Lipinski definition) is 7. The van der Waals surface area contributed by atoms with Crippen molar-refractivity contribution in [2.45, 2.75) is 10.9 Å². The van der Waals surface area contributed by atoms with Gasteiger partial charge in [-0.3, -0.25) is 14.9 Å². The first kappa shape index (κ1) is 17.5. The molecule has 0 radical (unpaired) electrons. The van der Waals surface area contributed by atoms with Crippen molar-refractivity contribution in [3.63, 3.8) is 0 Å². The quantitative estimate of drug-likeness (QED) is 0.406. The Hall–Kier alpha value is -1.56. The minimum atomic E-state index is -4.41. The van der Waals surface area contributed by atoms with Gasteiger partial charge in [0.15, 0.2) is 4.90 Å². The molecule has 0 aliphatic rings. The fourth-order valence-electron chi connectivity index (χ4n) is 1.41. The number of aliphatic hydroxyl groups is 1. The Balaban J connectivity index is 3.28. The molecule has 116 valence electrons. The average molecular weight is 383 g/mol. The number of hydrogen-bond donors (Lipinski definition) is 2. The van der Waals surface area contributed by atoms with E-state index in [0.29, 0.717) is 4.47 Å². The van der Waals surface area contributed by atoms with Crippen molar-refractivity contribution in [1.29, 1.82) is 0 Å². The summed E-state index contributed by atoms with van der Waals surface area (Å²) in [5.41, 5.74) is -0.660. The molecule has 0 aliphatic heterocycles. The first-order chi connectivity index (χ1) is 9.72. The third-order valence-electron chi connectivity index (χ3n) is 2.37. The molecule has 1 aromatic carbocycles. The van der Waals surface area contributed by atoms with Gasteiger partial charge in [0.1, 0.15) is 6.04 Å². The van der Waals surface area contributed by atoms with Crippen LogP contribution in [0.5, 0.6) is 0 Å². The van der Waals surface area contributed by atoms with Crippen LogP contribution in [0.3, 0.4) is 0 Å². The molecule has 0 spiro atoms. The molecule has 0 bridgehead atoms. The SMILES string of the molecule is COC(=O)C(CO)NS(=O)(=O)c1cc(Br)ccc1[N+](=O)[O-]. The number of carbonyl (C=O) groups excluding carboxylic acids is 1. The number of nitrogens with zero attached hydrogens (tertiary/aromatic N) is 1. The lowest BCUT2D eigenvalue weighted by atomic mass is 10.3. The number of benzene rings is 1. The molecule has 9 nitrogen and oxygen atoms in total. The number of methoxy groups -OCH3 is 1. The second kappa shape index (κ2) is 6.93. The summed E-state index contributed by atoms with van der Waals surface area (Å²) in [6.45, 7) is -0.853. The summed E-state index contributed by atoms with van der Waals surface area (Å²) in [5.74, 6) is -1.02. The lowest BCUT2D eigenvalue weighted by Crippen LogP contribution is -2.44. The summed E-state index contributed by atoms with van der Waals surface area (Å²) >= 11 is 3.01. The van der Waals surface area contributed by atoms with Crippen LogP contribution in [0.1, 0.15) is 0 Å². The number of ether oxygens (including phenoxy) is 1. The molecule has 1 unspecified atom stereocenters. The van der Waals surface area contributed by atoms with E-state index in [4.69, 9.17) is 5.11 Å². The molecule has 0 saturated heterocycles. The molecule has 11 heteroatoms. The summed E-state index contributed by atoms with van der Waals surface area (Å²) in [7, 11) is -3.39. The number of halogens is 1. The number of nitrogens with one attached hydrogen (secondary N) is 1. The van der Waals surface area contributed by atoms with E-state index in [2.05, 4.69) is 20.7 Å². The maximum atomic E-state index is 12.1.